The molecule has 0 radical (unpaired) electrons. The fourth-order valence-corrected chi connectivity index (χ4v) is 7.18. The summed E-state index contributed by atoms with van der Waals surface area (Å²) in [6, 6.07) is 14.5. The third-order valence-corrected chi connectivity index (χ3v) is 10.0. The summed E-state index contributed by atoms with van der Waals surface area (Å²) in [6.45, 7) is -1.86. The van der Waals surface area contributed by atoms with Crippen molar-refractivity contribution in [2.24, 2.45) is 5.92 Å². The second kappa shape index (κ2) is 10.7. The predicted molar refractivity (Wildman–Crippen MR) is 139 cm³/mol. The zero-order chi connectivity index (χ0) is 29.6. The van der Waals surface area contributed by atoms with Gasteiger partial charge in [-0.3, -0.25) is 4.79 Å². The molecule has 2 saturated carbocycles. The van der Waals surface area contributed by atoms with E-state index in [1.165, 1.54) is 4.90 Å². The van der Waals surface area contributed by atoms with Crippen LogP contribution in [0.15, 0.2) is 53.4 Å². The molecular weight excluding hydrogens is 587 g/mol. The molecule has 3 aliphatic rings. The highest BCUT2D eigenvalue weighted by molar-refractivity contribution is 7.92. The Morgan fingerprint density at radius 1 is 1.15 bits per heavy atom. The molecule has 2 unspecified atom stereocenters. The smallest absolute Gasteiger partial charge is 0.422 e. The Labute approximate surface area is 239 Å². The number of nitriles is 1. The van der Waals surface area contributed by atoms with Gasteiger partial charge in [-0.15, -0.1) is 0 Å². The summed E-state index contributed by atoms with van der Waals surface area (Å²) in [5.41, 5.74) is -0.0669. The normalized spacial score (nSPS) is 24.7. The number of carbonyl (C=O) groups is 2. The minimum absolute atomic E-state index is 0.0548. The average Bonchev–Trinajstić information content (AvgIpc) is 3.84. The van der Waals surface area contributed by atoms with E-state index in [0.717, 1.165) is 23.8 Å². The monoisotopic (exact) mass is 611 g/mol. The van der Waals surface area contributed by atoms with E-state index in [-0.39, 0.29) is 40.5 Å². The Morgan fingerprint density at radius 3 is 2.46 bits per heavy atom. The van der Waals surface area contributed by atoms with Crippen LogP contribution in [0.3, 0.4) is 0 Å². The summed E-state index contributed by atoms with van der Waals surface area (Å²) in [5, 5.41) is 10.2. The van der Waals surface area contributed by atoms with Gasteiger partial charge in [0.2, 0.25) is 5.91 Å². The molecule has 1 N–H and O–H groups in total. The standard InChI is InChI=1S/C27H25ClF3N3O6S/c28-21-10-17(39-15-27(29,30)31)6-7-22(21)41(37,38)18-11-23(40-25(36)33-26(14-32)8-9-26)34(13-18)24(35)20-12-19(20)16-4-2-1-3-5-16/h1-7,10,18-20,23H,8-9,11-13,15H2,(H,33,36)/t18-,19?,20?,23+/m1/s1. The van der Waals surface area contributed by atoms with Gasteiger partial charge in [-0.25, -0.2) is 13.2 Å². The highest BCUT2D eigenvalue weighted by Crippen LogP contribution is 2.49. The maximum absolute atomic E-state index is 13.6. The van der Waals surface area contributed by atoms with Crippen molar-refractivity contribution in [3.05, 3.63) is 59.1 Å². The van der Waals surface area contributed by atoms with Gasteiger partial charge >= 0.3 is 12.3 Å². The van der Waals surface area contributed by atoms with Gasteiger partial charge in [0.05, 0.1) is 21.2 Å². The molecule has 0 aromatic heterocycles. The number of sulfone groups is 1. The fraction of sp³-hybridized carbons (Fsp3) is 0.444. The van der Waals surface area contributed by atoms with E-state index in [9.17, 15) is 36.4 Å². The lowest BCUT2D eigenvalue weighted by Gasteiger charge is -2.25. The third kappa shape index (κ3) is 6.38. The van der Waals surface area contributed by atoms with Crippen molar-refractivity contribution in [1.29, 1.82) is 5.26 Å². The summed E-state index contributed by atoms with van der Waals surface area (Å²) in [4.78, 5) is 27.0. The zero-order valence-corrected chi connectivity index (χ0v) is 23.0. The van der Waals surface area contributed by atoms with Crippen LogP contribution in [-0.2, 0) is 19.4 Å². The second-order valence-corrected chi connectivity index (χ2v) is 13.0. The minimum atomic E-state index is -4.59. The number of benzene rings is 2. The van der Waals surface area contributed by atoms with E-state index in [1.807, 2.05) is 36.4 Å². The SMILES string of the molecule is N#CC1(NC(=O)O[C@H]2C[C@@H](S(=O)(=O)c3ccc(OCC(F)(F)F)cc3Cl)CN2C(=O)C2CC2c2ccccc2)CC1. The highest BCUT2D eigenvalue weighted by atomic mass is 35.5. The Hall–Kier alpha value is -3.50. The molecule has 0 bridgehead atoms. The second-order valence-electron chi connectivity index (χ2n) is 10.4. The Kier molecular flexibility index (Phi) is 7.59. The summed E-state index contributed by atoms with van der Waals surface area (Å²) >= 11 is 6.16. The first-order valence-corrected chi connectivity index (χ1v) is 14.7. The molecule has 1 heterocycles. The third-order valence-electron chi connectivity index (χ3n) is 7.43. The fourth-order valence-electron chi connectivity index (χ4n) is 4.97. The molecule has 2 amide bonds. The van der Waals surface area contributed by atoms with Crippen LogP contribution in [0.4, 0.5) is 18.0 Å². The van der Waals surface area contributed by atoms with Crippen LogP contribution in [0.1, 0.15) is 37.2 Å². The first-order valence-electron chi connectivity index (χ1n) is 12.8. The molecule has 5 rings (SSSR count). The van der Waals surface area contributed by atoms with Gasteiger partial charge in [0, 0.05) is 24.9 Å². The van der Waals surface area contributed by atoms with Gasteiger partial charge in [-0.05, 0) is 42.9 Å². The molecule has 2 aromatic carbocycles. The first kappa shape index (κ1) is 29.0. The molecule has 218 valence electrons. The van der Waals surface area contributed by atoms with E-state index in [2.05, 4.69) is 10.1 Å². The lowest BCUT2D eigenvalue weighted by atomic mass is 10.1. The van der Waals surface area contributed by atoms with Gasteiger partial charge in [0.15, 0.2) is 22.7 Å². The van der Waals surface area contributed by atoms with Gasteiger partial charge in [-0.2, -0.15) is 18.4 Å². The molecule has 9 nitrogen and oxygen atoms in total. The maximum Gasteiger partial charge on any atom is 0.422 e. The number of alkyl carbamates (subject to hydrolysis) is 1. The van der Waals surface area contributed by atoms with Gasteiger partial charge < -0.3 is 19.7 Å². The number of likely N-dealkylation sites (tertiary alicyclic amines) is 1. The number of carbonyl (C=O) groups excluding carboxylic acids is 2. The molecule has 4 atom stereocenters. The number of hydrogen-bond acceptors (Lipinski definition) is 7. The van der Waals surface area contributed by atoms with Crippen LogP contribution in [0.5, 0.6) is 5.75 Å². The van der Waals surface area contributed by atoms with Crippen LogP contribution in [0.2, 0.25) is 5.02 Å². The number of amides is 2. The van der Waals surface area contributed by atoms with Crippen molar-refractivity contribution in [2.75, 3.05) is 13.2 Å². The predicted octanol–water partition coefficient (Wildman–Crippen LogP) is 4.57. The zero-order valence-electron chi connectivity index (χ0n) is 21.4. The van der Waals surface area contributed by atoms with E-state index < -0.39 is 51.6 Å². The molecule has 0 spiro atoms. The number of rotatable bonds is 8. The van der Waals surface area contributed by atoms with E-state index in [4.69, 9.17) is 16.3 Å². The Morgan fingerprint density at radius 2 is 1.85 bits per heavy atom. The van der Waals surface area contributed by atoms with Crippen molar-refractivity contribution in [3.8, 4) is 11.8 Å². The van der Waals surface area contributed by atoms with Crippen LogP contribution in [0, 0.1) is 17.2 Å². The molecule has 2 aliphatic carbocycles. The quantitative estimate of drug-likeness (QED) is 0.463. The highest BCUT2D eigenvalue weighted by Gasteiger charge is 2.52. The molecule has 2 aromatic rings. The van der Waals surface area contributed by atoms with E-state index in [0.29, 0.717) is 19.3 Å². The minimum Gasteiger partial charge on any atom is -0.484 e. The number of nitrogens with zero attached hydrogens (tertiary/aromatic N) is 2. The summed E-state index contributed by atoms with van der Waals surface area (Å²) in [7, 11) is -4.23. The van der Waals surface area contributed by atoms with Crippen molar-refractivity contribution in [1.82, 2.24) is 10.2 Å². The van der Waals surface area contributed by atoms with Crippen LogP contribution < -0.4 is 10.1 Å². The average molecular weight is 612 g/mol. The van der Waals surface area contributed by atoms with Gasteiger partial charge in [0.25, 0.3) is 0 Å². The molecule has 3 fully saturated rings. The lowest BCUT2D eigenvalue weighted by molar-refractivity contribution is -0.153. The van der Waals surface area contributed by atoms with Gasteiger partial charge in [-0.1, -0.05) is 41.9 Å². The van der Waals surface area contributed by atoms with Crippen molar-refractivity contribution < 1.29 is 40.7 Å². The largest absolute Gasteiger partial charge is 0.484 e. The van der Waals surface area contributed by atoms with Crippen LogP contribution in [0.25, 0.3) is 0 Å². The number of halogens is 4. The number of ether oxygens (including phenoxy) is 2. The van der Waals surface area contributed by atoms with Crippen molar-refractivity contribution in [2.45, 2.75) is 59.7 Å². The topological polar surface area (TPSA) is 126 Å². The Balaban J connectivity index is 1.35. The molecule has 14 heteroatoms. The summed E-state index contributed by atoms with van der Waals surface area (Å²) < 4.78 is 74.8. The van der Waals surface area contributed by atoms with Crippen LogP contribution in [-0.4, -0.2) is 61.7 Å². The van der Waals surface area contributed by atoms with Crippen LogP contribution >= 0.6 is 11.6 Å². The molecule has 41 heavy (non-hydrogen) atoms. The number of alkyl halides is 3. The molecule has 1 saturated heterocycles. The number of nitrogens with one attached hydrogen (secondary N) is 1. The summed E-state index contributed by atoms with van der Waals surface area (Å²) in [6.07, 6.45) is -5.56. The lowest BCUT2D eigenvalue weighted by Crippen LogP contribution is -2.44. The Bertz CT molecular complexity index is 1490. The summed E-state index contributed by atoms with van der Waals surface area (Å²) in [5.74, 6) is -1.10. The maximum atomic E-state index is 13.6. The van der Waals surface area contributed by atoms with Gasteiger partial charge in [0.1, 0.15) is 11.3 Å². The number of hydrogen-bond donors (Lipinski definition) is 1. The first-order chi connectivity index (χ1) is 19.3. The molecular formula is C27H25ClF3N3O6S. The van der Waals surface area contributed by atoms with Crippen molar-refractivity contribution >= 4 is 33.4 Å². The molecule has 1 aliphatic heterocycles. The van der Waals surface area contributed by atoms with Crippen molar-refractivity contribution in [3.63, 3.8) is 0 Å². The van der Waals surface area contributed by atoms with E-state index in [1.54, 1.807) is 0 Å². The van der Waals surface area contributed by atoms with E-state index >= 15 is 0 Å².